The molecule has 1 N–H and O–H groups in total. The monoisotopic (exact) mass is 364 g/mol. The minimum absolute atomic E-state index is 0.0924. The lowest BCUT2D eigenvalue weighted by Gasteiger charge is -2.17. The Labute approximate surface area is 161 Å². The van der Waals surface area contributed by atoms with E-state index in [1.165, 1.54) is 44.3 Å². The van der Waals surface area contributed by atoms with Crippen molar-refractivity contribution < 1.29 is 9.53 Å². The van der Waals surface area contributed by atoms with Gasteiger partial charge < -0.3 is 10.1 Å². The Morgan fingerprint density at radius 2 is 1.67 bits per heavy atom. The number of para-hydroxylation sites is 2. The topological polar surface area (TPSA) is 41.6 Å². The molecule has 0 spiro atoms. The van der Waals surface area contributed by atoms with Crippen LogP contribution in [0, 0.1) is 0 Å². The molecule has 1 saturated heterocycles. The van der Waals surface area contributed by atoms with Gasteiger partial charge >= 0.3 is 0 Å². The van der Waals surface area contributed by atoms with Crippen LogP contribution in [-0.2, 0) is 6.54 Å². The van der Waals surface area contributed by atoms with Crippen LogP contribution < -0.4 is 10.1 Å². The van der Waals surface area contributed by atoms with Gasteiger partial charge in [-0.05, 0) is 81.4 Å². The summed E-state index contributed by atoms with van der Waals surface area (Å²) in [6.07, 6.45) is 7.51. The number of rotatable bonds is 6. The molecule has 4 heteroatoms. The maximum atomic E-state index is 12.7. The van der Waals surface area contributed by atoms with Crippen molar-refractivity contribution in [1.29, 1.82) is 0 Å². The number of nitrogens with one attached hydrogen (secondary N) is 1. The van der Waals surface area contributed by atoms with E-state index in [0.29, 0.717) is 5.56 Å². The normalized spacial score (nSPS) is 17.9. The number of carbonyl (C=O) groups excluding carboxylic acids is 1. The zero-order valence-corrected chi connectivity index (χ0v) is 15.8. The summed E-state index contributed by atoms with van der Waals surface area (Å²) in [5, 5.41) is 3.02. The SMILES string of the molecule is O=C(Nc1ccccc1OC1CCCC1)c1ccc(CN2CCCC2)cc1. The highest BCUT2D eigenvalue weighted by Gasteiger charge is 2.19. The van der Waals surface area contributed by atoms with Gasteiger partial charge in [-0.1, -0.05) is 24.3 Å². The second kappa shape index (κ2) is 8.57. The number of hydrogen-bond acceptors (Lipinski definition) is 3. The molecule has 1 amide bonds. The molecule has 2 fully saturated rings. The van der Waals surface area contributed by atoms with Gasteiger partial charge in [0.15, 0.2) is 0 Å². The van der Waals surface area contributed by atoms with Crippen LogP contribution in [0.15, 0.2) is 48.5 Å². The van der Waals surface area contributed by atoms with Crippen molar-refractivity contribution in [3.8, 4) is 5.75 Å². The van der Waals surface area contributed by atoms with Gasteiger partial charge in [0.1, 0.15) is 5.75 Å². The van der Waals surface area contributed by atoms with E-state index in [0.717, 1.165) is 30.8 Å². The molecule has 4 rings (SSSR count). The van der Waals surface area contributed by atoms with E-state index in [1.54, 1.807) is 0 Å². The number of nitrogens with zero attached hydrogens (tertiary/aromatic N) is 1. The Morgan fingerprint density at radius 3 is 2.41 bits per heavy atom. The number of likely N-dealkylation sites (tertiary alicyclic amines) is 1. The Kier molecular flexibility index (Phi) is 5.73. The molecule has 0 unspecified atom stereocenters. The first-order chi connectivity index (χ1) is 13.3. The van der Waals surface area contributed by atoms with Gasteiger partial charge in [-0.15, -0.1) is 0 Å². The third kappa shape index (κ3) is 4.69. The minimum Gasteiger partial charge on any atom is -0.488 e. The lowest BCUT2D eigenvalue weighted by atomic mass is 10.1. The summed E-state index contributed by atoms with van der Waals surface area (Å²) < 4.78 is 6.12. The van der Waals surface area contributed by atoms with E-state index in [9.17, 15) is 4.79 Å². The second-order valence-electron chi connectivity index (χ2n) is 7.65. The summed E-state index contributed by atoms with van der Waals surface area (Å²) >= 11 is 0. The smallest absolute Gasteiger partial charge is 0.255 e. The van der Waals surface area contributed by atoms with Gasteiger partial charge in [0, 0.05) is 12.1 Å². The van der Waals surface area contributed by atoms with Crippen LogP contribution in [0.2, 0.25) is 0 Å². The summed E-state index contributed by atoms with van der Waals surface area (Å²) in [7, 11) is 0. The lowest BCUT2D eigenvalue weighted by Crippen LogP contribution is -2.18. The molecule has 0 atom stereocenters. The van der Waals surface area contributed by atoms with Gasteiger partial charge in [0.25, 0.3) is 5.91 Å². The highest BCUT2D eigenvalue weighted by molar-refractivity contribution is 6.05. The molecular weight excluding hydrogens is 336 g/mol. The van der Waals surface area contributed by atoms with E-state index >= 15 is 0 Å². The Hall–Kier alpha value is -2.33. The standard InChI is InChI=1S/C23H28N2O2/c26-23(19-13-11-18(12-14-19)17-25-15-5-6-16-25)24-21-9-3-4-10-22(21)27-20-7-1-2-8-20/h3-4,9-14,20H,1-2,5-8,15-17H2,(H,24,26). The van der Waals surface area contributed by atoms with Crippen molar-refractivity contribution in [2.45, 2.75) is 51.2 Å². The van der Waals surface area contributed by atoms with Crippen LogP contribution in [0.5, 0.6) is 5.75 Å². The predicted molar refractivity (Wildman–Crippen MR) is 108 cm³/mol. The molecule has 1 saturated carbocycles. The number of benzene rings is 2. The molecule has 0 radical (unpaired) electrons. The zero-order chi connectivity index (χ0) is 18.5. The first-order valence-electron chi connectivity index (χ1n) is 10.2. The van der Waals surface area contributed by atoms with Crippen molar-refractivity contribution in [3.63, 3.8) is 0 Å². The largest absolute Gasteiger partial charge is 0.488 e. The molecule has 0 bridgehead atoms. The van der Waals surface area contributed by atoms with Gasteiger partial charge in [-0.3, -0.25) is 9.69 Å². The predicted octanol–water partition coefficient (Wildman–Crippen LogP) is 4.86. The molecule has 1 aliphatic heterocycles. The Morgan fingerprint density at radius 1 is 0.963 bits per heavy atom. The van der Waals surface area contributed by atoms with Crippen molar-refractivity contribution in [1.82, 2.24) is 4.90 Å². The van der Waals surface area contributed by atoms with Crippen molar-refractivity contribution in [2.75, 3.05) is 18.4 Å². The van der Waals surface area contributed by atoms with Crippen LogP contribution in [0.4, 0.5) is 5.69 Å². The number of carbonyl (C=O) groups is 1. The van der Waals surface area contributed by atoms with E-state index in [2.05, 4.69) is 22.3 Å². The average molecular weight is 364 g/mol. The third-order valence-electron chi connectivity index (χ3n) is 5.55. The Bertz CT molecular complexity index is 760. The maximum Gasteiger partial charge on any atom is 0.255 e. The fourth-order valence-corrected chi connectivity index (χ4v) is 4.01. The average Bonchev–Trinajstić information content (AvgIpc) is 3.38. The number of ether oxygens (including phenoxy) is 1. The van der Waals surface area contributed by atoms with E-state index in [-0.39, 0.29) is 12.0 Å². The van der Waals surface area contributed by atoms with Gasteiger partial charge in [0.2, 0.25) is 0 Å². The Balaban J connectivity index is 1.39. The third-order valence-corrected chi connectivity index (χ3v) is 5.55. The molecular formula is C23H28N2O2. The minimum atomic E-state index is -0.0924. The highest BCUT2D eigenvalue weighted by Crippen LogP contribution is 2.30. The summed E-state index contributed by atoms with van der Waals surface area (Å²) in [4.78, 5) is 15.1. The van der Waals surface area contributed by atoms with Crippen LogP contribution in [0.1, 0.15) is 54.4 Å². The van der Waals surface area contributed by atoms with Gasteiger partial charge in [-0.2, -0.15) is 0 Å². The van der Waals surface area contributed by atoms with Crippen molar-refractivity contribution in [2.24, 2.45) is 0 Å². The summed E-state index contributed by atoms with van der Waals surface area (Å²) in [5.41, 5.74) is 2.69. The fourth-order valence-electron chi connectivity index (χ4n) is 4.01. The highest BCUT2D eigenvalue weighted by atomic mass is 16.5. The van der Waals surface area contributed by atoms with Gasteiger partial charge in [0.05, 0.1) is 11.8 Å². The van der Waals surface area contributed by atoms with Crippen LogP contribution in [-0.4, -0.2) is 30.0 Å². The quantitative estimate of drug-likeness (QED) is 0.796. The fraction of sp³-hybridized carbons (Fsp3) is 0.435. The van der Waals surface area contributed by atoms with Crippen molar-refractivity contribution >= 4 is 11.6 Å². The molecule has 0 aromatic heterocycles. The molecule has 2 aliphatic rings. The summed E-state index contributed by atoms with van der Waals surface area (Å²) in [6.45, 7) is 3.33. The number of anilines is 1. The van der Waals surface area contributed by atoms with Gasteiger partial charge in [-0.25, -0.2) is 0 Å². The number of amides is 1. The second-order valence-corrected chi connectivity index (χ2v) is 7.65. The molecule has 2 aromatic carbocycles. The van der Waals surface area contributed by atoms with E-state index in [4.69, 9.17) is 4.74 Å². The van der Waals surface area contributed by atoms with E-state index in [1.807, 2.05) is 36.4 Å². The molecule has 142 valence electrons. The molecule has 1 aliphatic carbocycles. The van der Waals surface area contributed by atoms with Crippen LogP contribution in [0.25, 0.3) is 0 Å². The molecule has 4 nitrogen and oxygen atoms in total. The maximum absolute atomic E-state index is 12.7. The first-order valence-corrected chi connectivity index (χ1v) is 10.2. The number of hydrogen-bond donors (Lipinski definition) is 1. The molecule has 1 heterocycles. The van der Waals surface area contributed by atoms with Crippen LogP contribution in [0.3, 0.4) is 0 Å². The molecule has 27 heavy (non-hydrogen) atoms. The first kappa shape index (κ1) is 18.1. The van der Waals surface area contributed by atoms with Crippen LogP contribution >= 0.6 is 0 Å². The lowest BCUT2D eigenvalue weighted by molar-refractivity contribution is 0.102. The molecule has 2 aromatic rings. The summed E-state index contributed by atoms with van der Waals surface area (Å²) in [5.74, 6) is 0.675. The van der Waals surface area contributed by atoms with Crippen molar-refractivity contribution in [3.05, 3.63) is 59.7 Å². The summed E-state index contributed by atoms with van der Waals surface area (Å²) in [6, 6.07) is 15.7. The zero-order valence-electron chi connectivity index (χ0n) is 15.8. The van der Waals surface area contributed by atoms with E-state index < -0.39 is 0 Å².